The lowest BCUT2D eigenvalue weighted by Gasteiger charge is -2.19. The number of rotatable bonds is 5. The number of pyridine rings is 1. The number of aromatic nitrogens is 1. The number of aliphatic hydroxyl groups excluding tert-OH is 1. The van der Waals surface area contributed by atoms with Crippen molar-refractivity contribution < 1.29 is 14.6 Å². The molecule has 0 radical (unpaired) electrons. The highest BCUT2D eigenvalue weighted by Gasteiger charge is 2.33. The highest BCUT2D eigenvalue weighted by atomic mass is 16.5. The fourth-order valence-corrected chi connectivity index (χ4v) is 2.53. The Kier molecular flexibility index (Phi) is 4.96. The van der Waals surface area contributed by atoms with E-state index in [-0.39, 0.29) is 18.8 Å². The average Bonchev–Trinajstić information content (AvgIpc) is 2.89. The summed E-state index contributed by atoms with van der Waals surface area (Å²) in [6, 6.07) is 3.91. The van der Waals surface area contributed by atoms with E-state index in [9.17, 15) is 5.11 Å². The second-order valence-electron chi connectivity index (χ2n) is 5.52. The van der Waals surface area contributed by atoms with E-state index in [1.165, 1.54) is 0 Å². The SMILES string of the molecule is COC1CN(c2cc(CO)cc(C(C)C)n2)CC1OC. The van der Waals surface area contributed by atoms with E-state index in [0.29, 0.717) is 5.92 Å². The van der Waals surface area contributed by atoms with Crippen LogP contribution in [-0.4, -0.2) is 49.6 Å². The number of hydrogen-bond donors (Lipinski definition) is 1. The van der Waals surface area contributed by atoms with Crippen molar-refractivity contribution in [3.05, 3.63) is 23.4 Å². The lowest BCUT2D eigenvalue weighted by Crippen LogP contribution is -2.27. The molecule has 1 aromatic rings. The zero-order valence-corrected chi connectivity index (χ0v) is 12.7. The van der Waals surface area contributed by atoms with E-state index < -0.39 is 0 Å². The van der Waals surface area contributed by atoms with Crippen molar-refractivity contribution in [1.29, 1.82) is 0 Å². The summed E-state index contributed by atoms with van der Waals surface area (Å²) in [6.07, 6.45) is 0.115. The van der Waals surface area contributed by atoms with Gasteiger partial charge in [0.05, 0.1) is 6.61 Å². The van der Waals surface area contributed by atoms with E-state index in [1.54, 1.807) is 14.2 Å². The molecule has 1 aliphatic rings. The van der Waals surface area contributed by atoms with Crippen LogP contribution in [0.2, 0.25) is 0 Å². The normalized spacial score (nSPS) is 22.8. The fourth-order valence-electron chi connectivity index (χ4n) is 2.53. The molecule has 1 saturated heterocycles. The molecule has 0 amide bonds. The third-order valence-corrected chi connectivity index (χ3v) is 3.81. The van der Waals surface area contributed by atoms with Crippen LogP contribution < -0.4 is 4.90 Å². The number of hydrogen-bond acceptors (Lipinski definition) is 5. The molecule has 0 aliphatic carbocycles. The van der Waals surface area contributed by atoms with Crippen LogP contribution in [0.3, 0.4) is 0 Å². The number of methoxy groups -OCH3 is 2. The van der Waals surface area contributed by atoms with Gasteiger partial charge >= 0.3 is 0 Å². The maximum absolute atomic E-state index is 9.41. The maximum Gasteiger partial charge on any atom is 0.129 e. The third-order valence-electron chi connectivity index (χ3n) is 3.81. The van der Waals surface area contributed by atoms with Crippen LogP contribution in [0.15, 0.2) is 12.1 Å². The van der Waals surface area contributed by atoms with Gasteiger partial charge in [-0.15, -0.1) is 0 Å². The molecular weight excluding hydrogens is 256 g/mol. The Balaban J connectivity index is 2.26. The Labute approximate surface area is 120 Å². The Bertz CT molecular complexity index is 439. The minimum absolute atomic E-state index is 0.0322. The second kappa shape index (κ2) is 6.52. The Morgan fingerprint density at radius 3 is 2.30 bits per heavy atom. The molecule has 5 nitrogen and oxygen atoms in total. The first kappa shape index (κ1) is 15.2. The zero-order chi connectivity index (χ0) is 14.7. The van der Waals surface area contributed by atoms with Gasteiger partial charge in [0, 0.05) is 33.0 Å². The van der Waals surface area contributed by atoms with E-state index in [2.05, 4.69) is 18.7 Å². The first-order valence-corrected chi connectivity index (χ1v) is 7.01. The Morgan fingerprint density at radius 2 is 1.85 bits per heavy atom. The summed E-state index contributed by atoms with van der Waals surface area (Å²) in [6.45, 7) is 5.76. The number of ether oxygens (including phenoxy) is 2. The van der Waals surface area contributed by atoms with Gasteiger partial charge in [0.25, 0.3) is 0 Å². The summed E-state index contributed by atoms with van der Waals surface area (Å²) in [7, 11) is 3.41. The van der Waals surface area contributed by atoms with Crippen LogP contribution >= 0.6 is 0 Å². The van der Waals surface area contributed by atoms with Crippen LogP contribution in [-0.2, 0) is 16.1 Å². The minimum Gasteiger partial charge on any atom is -0.392 e. The van der Waals surface area contributed by atoms with Gasteiger partial charge in [-0.25, -0.2) is 4.98 Å². The lowest BCUT2D eigenvalue weighted by molar-refractivity contribution is -0.00461. The molecule has 1 aromatic heterocycles. The molecule has 1 N–H and O–H groups in total. The van der Waals surface area contributed by atoms with Gasteiger partial charge in [-0.1, -0.05) is 13.8 Å². The maximum atomic E-state index is 9.41. The van der Waals surface area contributed by atoms with E-state index in [1.807, 2.05) is 12.1 Å². The molecule has 0 spiro atoms. The van der Waals surface area contributed by atoms with Gasteiger partial charge in [0.15, 0.2) is 0 Å². The Morgan fingerprint density at radius 1 is 1.25 bits per heavy atom. The molecule has 0 aromatic carbocycles. The van der Waals surface area contributed by atoms with Crippen molar-refractivity contribution in [2.45, 2.75) is 38.6 Å². The summed E-state index contributed by atoms with van der Waals surface area (Å²) < 4.78 is 10.9. The largest absolute Gasteiger partial charge is 0.392 e. The summed E-state index contributed by atoms with van der Waals surface area (Å²) in [5.41, 5.74) is 1.90. The van der Waals surface area contributed by atoms with Crippen molar-refractivity contribution >= 4 is 5.82 Å². The van der Waals surface area contributed by atoms with Gasteiger partial charge < -0.3 is 19.5 Å². The van der Waals surface area contributed by atoms with Gasteiger partial charge in [-0.05, 0) is 23.6 Å². The van der Waals surface area contributed by atoms with Gasteiger partial charge in [0.2, 0.25) is 0 Å². The summed E-state index contributed by atoms with van der Waals surface area (Å²) >= 11 is 0. The fraction of sp³-hybridized carbons (Fsp3) is 0.667. The zero-order valence-electron chi connectivity index (χ0n) is 12.7. The summed E-state index contributed by atoms with van der Waals surface area (Å²) in [5.74, 6) is 1.22. The summed E-state index contributed by atoms with van der Waals surface area (Å²) in [4.78, 5) is 6.86. The Hall–Kier alpha value is -1.17. The molecule has 2 heterocycles. The van der Waals surface area contributed by atoms with Gasteiger partial charge in [0.1, 0.15) is 18.0 Å². The van der Waals surface area contributed by atoms with Crippen molar-refractivity contribution in [2.24, 2.45) is 0 Å². The minimum atomic E-state index is 0.0322. The monoisotopic (exact) mass is 280 g/mol. The van der Waals surface area contributed by atoms with Crippen LogP contribution in [0.25, 0.3) is 0 Å². The third kappa shape index (κ3) is 3.11. The van der Waals surface area contributed by atoms with Crippen molar-refractivity contribution in [1.82, 2.24) is 4.98 Å². The van der Waals surface area contributed by atoms with Crippen LogP contribution in [0.4, 0.5) is 5.82 Å². The molecule has 0 bridgehead atoms. The van der Waals surface area contributed by atoms with E-state index in [0.717, 1.165) is 30.2 Å². The van der Waals surface area contributed by atoms with Crippen molar-refractivity contribution in [3.63, 3.8) is 0 Å². The topological polar surface area (TPSA) is 54.8 Å². The molecular formula is C15H24N2O3. The van der Waals surface area contributed by atoms with Crippen LogP contribution in [0.1, 0.15) is 31.0 Å². The van der Waals surface area contributed by atoms with Crippen LogP contribution in [0.5, 0.6) is 0 Å². The average molecular weight is 280 g/mol. The number of aliphatic hydroxyl groups is 1. The first-order valence-electron chi connectivity index (χ1n) is 7.01. The van der Waals surface area contributed by atoms with E-state index >= 15 is 0 Å². The highest BCUT2D eigenvalue weighted by molar-refractivity contribution is 5.45. The smallest absolute Gasteiger partial charge is 0.129 e. The van der Waals surface area contributed by atoms with Crippen molar-refractivity contribution in [2.75, 3.05) is 32.2 Å². The first-order chi connectivity index (χ1) is 9.58. The van der Waals surface area contributed by atoms with E-state index in [4.69, 9.17) is 14.5 Å². The second-order valence-corrected chi connectivity index (χ2v) is 5.52. The molecule has 1 fully saturated rings. The predicted octanol–water partition coefficient (Wildman–Crippen LogP) is 1.55. The van der Waals surface area contributed by atoms with Crippen molar-refractivity contribution in [3.8, 4) is 0 Å². The molecule has 0 saturated carbocycles. The molecule has 112 valence electrons. The van der Waals surface area contributed by atoms with Crippen LogP contribution in [0, 0.1) is 0 Å². The molecule has 20 heavy (non-hydrogen) atoms. The number of nitrogens with zero attached hydrogens (tertiary/aromatic N) is 2. The molecule has 1 aliphatic heterocycles. The standard InChI is InChI=1S/C15H24N2O3/c1-10(2)12-5-11(9-18)6-15(16-12)17-7-13(19-3)14(8-17)20-4/h5-6,10,13-14,18H,7-9H2,1-4H3. The molecule has 5 heteroatoms. The lowest BCUT2D eigenvalue weighted by atomic mass is 10.1. The predicted molar refractivity (Wildman–Crippen MR) is 78.1 cm³/mol. The molecule has 2 rings (SSSR count). The number of anilines is 1. The highest BCUT2D eigenvalue weighted by Crippen LogP contribution is 2.25. The van der Waals surface area contributed by atoms with Gasteiger partial charge in [-0.2, -0.15) is 0 Å². The van der Waals surface area contributed by atoms with Gasteiger partial charge in [-0.3, -0.25) is 0 Å². The quantitative estimate of drug-likeness (QED) is 0.887. The molecule has 2 unspecified atom stereocenters. The molecule has 2 atom stereocenters. The summed E-state index contributed by atoms with van der Waals surface area (Å²) in [5, 5.41) is 9.41.